The van der Waals surface area contributed by atoms with Gasteiger partial charge in [0.2, 0.25) is 0 Å². The zero-order valence-corrected chi connectivity index (χ0v) is 29.0. The van der Waals surface area contributed by atoms with Gasteiger partial charge in [-0.05, 0) is 47.5 Å². The Morgan fingerprint density at radius 2 is 1.22 bits per heavy atom. The van der Waals surface area contributed by atoms with Crippen LogP contribution >= 0.6 is 11.8 Å². The molecular formula is C23H48O14S2Si2. The molecule has 0 radical (unpaired) electrons. The molecule has 1 atom stereocenters. The maximum Gasteiger partial charge on any atom is 0.501 e. The summed E-state index contributed by atoms with van der Waals surface area (Å²) in [5.74, 6) is 0.372. The molecule has 1 aliphatic heterocycles. The van der Waals surface area contributed by atoms with E-state index in [1.54, 1.807) is 40.0 Å². The molecule has 1 unspecified atom stereocenters. The predicted molar refractivity (Wildman–Crippen MR) is 158 cm³/mol. The first-order valence-corrected chi connectivity index (χ1v) is 19.2. The molecule has 0 saturated carbocycles. The van der Waals surface area contributed by atoms with Gasteiger partial charge in [-0.25, -0.2) is 4.79 Å². The molecular weight excluding hydrogens is 621 g/mol. The van der Waals surface area contributed by atoms with Crippen LogP contribution in [0.5, 0.6) is 0 Å². The van der Waals surface area contributed by atoms with Crippen molar-refractivity contribution in [3.8, 4) is 0 Å². The Bertz CT molecular complexity index is 831. The molecule has 14 nitrogen and oxygen atoms in total. The lowest BCUT2D eigenvalue weighted by Gasteiger charge is -2.28. The molecule has 0 amide bonds. The van der Waals surface area contributed by atoms with Gasteiger partial charge in [0.15, 0.2) is 0 Å². The standard InChI is InChI=1S/C13H26O5Si.C10H20O5SSi.H2O4S/c1-6-16-19(17-7-2,18-8-3)11-9-10-15-13(14)12(4)5;1-10(8-16-10)9(11)15-6-5-7-17(12-2,13-3)14-4;1-5(2,3)4/h4,6-11H2,1-3,5H3;5-8H2,1-4H3;(H2,1,2,3,4). The summed E-state index contributed by atoms with van der Waals surface area (Å²) < 4.78 is 74.5. The largest absolute Gasteiger partial charge is 0.501 e. The van der Waals surface area contributed by atoms with E-state index in [0.717, 1.165) is 5.75 Å². The van der Waals surface area contributed by atoms with Gasteiger partial charge in [0.1, 0.15) is 4.75 Å². The van der Waals surface area contributed by atoms with Gasteiger partial charge in [-0.15, -0.1) is 11.8 Å². The van der Waals surface area contributed by atoms with E-state index in [9.17, 15) is 9.59 Å². The molecule has 0 aromatic carbocycles. The highest BCUT2D eigenvalue weighted by atomic mass is 32.3. The zero-order valence-electron chi connectivity index (χ0n) is 25.4. The van der Waals surface area contributed by atoms with Crippen LogP contribution in [0.15, 0.2) is 12.2 Å². The van der Waals surface area contributed by atoms with Crippen molar-refractivity contribution in [2.24, 2.45) is 0 Å². The summed E-state index contributed by atoms with van der Waals surface area (Å²) >= 11 is 1.62. The van der Waals surface area contributed by atoms with Gasteiger partial charge in [0, 0.05) is 64.6 Å². The second-order valence-corrected chi connectivity index (χ2v) is 16.7. The van der Waals surface area contributed by atoms with Crippen molar-refractivity contribution in [2.45, 2.75) is 64.3 Å². The molecule has 1 fully saturated rings. The first kappa shape index (κ1) is 42.2. The first-order chi connectivity index (χ1) is 19.0. The second kappa shape index (κ2) is 21.7. The van der Waals surface area contributed by atoms with Crippen molar-refractivity contribution < 1.29 is 63.1 Å². The van der Waals surface area contributed by atoms with Crippen LogP contribution in [0.2, 0.25) is 12.1 Å². The average molecular weight is 669 g/mol. The number of rotatable bonds is 19. The fraction of sp³-hybridized carbons (Fsp3) is 0.826. The number of hydrogen-bond acceptors (Lipinski definition) is 13. The molecule has 41 heavy (non-hydrogen) atoms. The Morgan fingerprint density at radius 1 is 0.854 bits per heavy atom. The summed E-state index contributed by atoms with van der Waals surface area (Å²) in [6.07, 6.45) is 1.35. The van der Waals surface area contributed by atoms with E-state index in [1.165, 1.54) is 0 Å². The third kappa shape index (κ3) is 20.6. The second-order valence-electron chi connectivity index (χ2n) is 8.50. The predicted octanol–water partition coefficient (Wildman–Crippen LogP) is 3.19. The van der Waals surface area contributed by atoms with E-state index in [2.05, 4.69) is 6.58 Å². The minimum atomic E-state index is -4.67. The van der Waals surface area contributed by atoms with Crippen LogP contribution < -0.4 is 0 Å². The molecule has 1 saturated heterocycles. The highest BCUT2D eigenvalue weighted by Crippen LogP contribution is 2.45. The number of carbonyl (C=O) groups excluding carboxylic acids is 2. The highest BCUT2D eigenvalue weighted by Gasteiger charge is 2.48. The van der Waals surface area contributed by atoms with Crippen molar-refractivity contribution in [3.05, 3.63) is 12.2 Å². The smallest absolute Gasteiger partial charge is 0.465 e. The zero-order chi connectivity index (χ0) is 32.2. The molecule has 0 aliphatic carbocycles. The lowest BCUT2D eigenvalue weighted by molar-refractivity contribution is -0.144. The summed E-state index contributed by atoms with van der Waals surface area (Å²) in [4.78, 5) is 22.8. The molecule has 1 heterocycles. The van der Waals surface area contributed by atoms with Crippen LogP contribution in [0, 0.1) is 0 Å². The molecule has 18 heteroatoms. The van der Waals surface area contributed by atoms with E-state index in [0.29, 0.717) is 63.5 Å². The van der Waals surface area contributed by atoms with E-state index >= 15 is 0 Å². The highest BCUT2D eigenvalue weighted by molar-refractivity contribution is 8.08. The van der Waals surface area contributed by atoms with Gasteiger partial charge in [0.25, 0.3) is 0 Å². The Hall–Kier alpha value is -0.906. The van der Waals surface area contributed by atoms with Crippen molar-refractivity contribution in [3.63, 3.8) is 0 Å². The number of esters is 2. The van der Waals surface area contributed by atoms with Crippen LogP contribution in [-0.4, -0.2) is 112 Å². The third-order valence-corrected chi connectivity index (χ3v) is 12.4. The Morgan fingerprint density at radius 3 is 1.54 bits per heavy atom. The summed E-state index contributed by atoms with van der Waals surface area (Å²) in [6.45, 7) is 15.2. The lowest BCUT2D eigenvalue weighted by Crippen LogP contribution is -2.46. The molecule has 1 rings (SSSR count). The molecule has 1 aliphatic rings. The van der Waals surface area contributed by atoms with Crippen molar-refractivity contribution in [1.29, 1.82) is 0 Å². The fourth-order valence-corrected chi connectivity index (χ4v) is 7.75. The van der Waals surface area contributed by atoms with Crippen LogP contribution in [0.25, 0.3) is 0 Å². The van der Waals surface area contributed by atoms with E-state index in [4.69, 9.17) is 53.6 Å². The van der Waals surface area contributed by atoms with Crippen molar-refractivity contribution in [1.82, 2.24) is 0 Å². The maximum absolute atomic E-state index is 11.5. The SMILES string of the molecule is C=C(C)C(=O)OCCC[Si](OCC)(OCC)OCC.CO[Si](CCCOC(=O)C1(C)CS1)(OC)OC.O=S(=O)(O)O. The number of thioether (sulfide) groups is 1. The molecule has 2 N–H and O–H groups in total. The maximum atomic E-state index is 11.5. The van der Waals surface area contributed by atoms with Gasteiger partial charge in [0.05, 0.1) is 13.2 Å². The van der Waals surface area contributed by atoms with E-state index < -0.39 is 28.0 Å². The number of ether oxygens (including phenoxy) is 2. The number of carbonyl (C=O) groups is 2. The van der Waals surface area contributed by atoms with Crippen molar-refractivity contribution in [2.75, 3.05) is 60.1 Å². The number of hydrogen-bond donors (Lipinski definition) is 2. The monoisotopic (exact) mass is 668 g/mol. The van der Waals surface area contributed by atoms with Gasteiger partial charge >= 0.3 is 39.9 Å². The Balaban J connectivity index is 0. The van der Waals surface area contributed by atoms with Gasteiger partial charge in [-0.2, -0.15) is 8.42 Å². The minimum Gasteiger partial charge on any atom is -0.465 e. The molecule has 0 spiro atoms. The first-order valence-electron chi connectivity index (χ1n) is 12.9. The van der Waals surface area contributed by atoms with Gasteiger partial charge in [-0.1, -0.05) is 6.58 Å². The average Bonchev–Trinajstić information content (AvgIpc) is 3.65. The fourth-order valence-electron chi connectivity index (χ4n) is 2.97. The Kier molecular flexibility index (Phi) is 22.4. The topological polar surface area (TPSA) is 183 Å². The summed E-state index contributed by atoms with van der Waals surface area (Å²) in [6, 6.07) is 1.29. The van der Waals surface area contributed by atoms with Crippen LogP contribution in [0.1, 0.15) is 47.5 Å². The Labute approximate surface area is 251 Å². The van der Waals surface area contributed by atoms with Gasteiger partial charge in [-0.3, -0.25) is 13.9 Å². The van der Waals surface area contributed by atoms with E-state index in [1.807, 2.05) is 27.7 Å². The van der Waals surface area contributed by atoms with E-state index in [-0.39, 0.29) is 16.7 Å². The molecule has 244 valence electrons. The normalized spacial score (nSPS) is 16.4. The minimum absolute atomic E-state index is 0.123. The van der Waals surface area contributed by atoms with Crippen LogP contribution in [0.4, 0.5) is 0 Å². The summed E-state index contributed by atoms with van der Waals surface area (Å²) in [7, 11) is -5.06. The summed E-state index contributed by atoms with van der Waals surface area (Å²) in [5.41, 5.74) is 0.405. The van der Waals surface area contributed by atoms with Crippen LogP contribution in [-0.2, 0) is 56.0 Å². The lowest BCUT2D eigenvalue weighted by atomic mass is 10.2. The third-order valence-electron chi connectivity index (χ3n) is 5.10. The van der Waals surface area contributed by atoms with Crippen LogP contribution in [0.3, 0.4) is 0 Å². The quantitative estimate of drug-likeness (QED) is 0.0511. The summed E-state index contributed by atoms with van der Waals surface area (Å²) in [5, 5.41) is 0. The molecule has 0 aromatic heterocycles. The molecule has 0 bridgehead atoms. The van der Waals surface area contributed by atoms with Crippen molar-refractivity contribution >= 4 is 51.7 Å². The molecule has 0 aromatic rings. The van der Waals surface area contributed by atoms with Gasteiger partial charge < -0.3 is 36.0 Å².